The monoisotopic (exact) mass is 309 g/mol. The quantitative estimate of drug-likeness (QED) is 0.654. The van der Waals surface area contributed by atoms with E-state index in [0.29, 0.717) is 0 Å². The first-order chi connectivity index (χ1) is 10.2. The minimum Gasteiger partial charge on any atom is -0.469 e. The van der Waals surface area contributed by atoms with E-state index in [2.05, 4.69) is 20.3 Å². The second kappa shape index (κ2) is 7.48. The van der Waals surface area contributed by atoms with Gasteiger partial charge in [-0.05, 0) is 32.9 Å². The van der Waals surface area contributed by atoms with E-state index >= 15 is 0 Å². The van der Waals surface area contributed by atoms with E-state index in [-0.39, 0.29) is 30.1 Å². The molecule has 1 aromatic rings. The lowest BCUT2D eigenvalue weighted by molar-refractivity contribution is -0.140. The number of ether oxygens (including phenoxy) is 2. The fourth-order valence-corrected chi connectivity index (χ4v) is 1.40. The molecule has 0 atom stereocenters. The molecule has 0 aliphatic heterocycles. The summed E-state index contributed by atoms with van der Waals surface area (Å²) in [5.74, 6) is -0.634. The minimum atomic E-state index is -0.661. The van der Waals surface area contributed by atoms with Gasteiger partial charge in [0.15, 0.2) is 11.6 Å². The largest absolute Gasteiger partial charge is 0.469 e. The van der Waals surface area contributed by atoms with Crippen LogP contribution >= 0.6 is 0 Å². The first kappa shape index (κ1) is 17.5. The number of nitrogens with one attached hydrogen (secondary N) is 1. The third-order valence-electron chi connectivity index (χ3n) is 2.36. The molecule has 1 heterocycles. The summed E-state index contributed by atoms with van der Waals surface area (Å²) < 4.78 is 9.51. The maximum absolute atomic E-state index is 11.8. The van der Waals surface area contributed by atoms with Gasteiger partial charge in [0.1, 0.15) is 11.3 Å². The van der Waals surface area contributed by atoms with Crippen molar-refractivity contribution in [2.24, 2.45) is 0 Å². The van der Waals surface area contributed by atoms with E-state index in [1.165, 1.54) is 19.2 Å². The van der Waals surface area contributed by atoms with E-state index in [1.54, 1.807) is 20.8 Å². The number of aromatic nitrogens is 2. The normalized spacial score (nSPS) is 10.7. The van der Waals surface area contributed by atoms with Crippen LogP contribution in [0.25, 0.3) is 0 Å². The molecule has 0 unspecified atom stereocenters. The summed E-state index contributed by atoms with van der Waals surface area (Å²) in [7, 11) is 1.25. The van der Waals surface area contributed by atoms with Crippen LogP contribution in [-0.2, 0) is 14.3 Å². The van der Waals surface area contributed by atoms with Crippen LogP contribution < -0.4 is 5.32 Å². The lowest BCUT2D eigenvalue weighted by Crippen LogP contribution is -2.27. The van der Waals surface area contributed by atoms with Gasteiger partial charge in [-0.3, -0.25) is 14.9 Å². The van der Waals surface area contributed by atoms with Crippen molar-refractivity contribution in [3.05, 3.63) is 17.8 Å². The molecule has 0 aliphatic rings. The number of methoxy groups -OCH3 is 1. The molecule has 1 N–H and O–H groups in total. The Morgan fingerprint density at radius 2 is 1.82 bits per heavy atom. The third kappa shape index (κ3) is 6.29. The number of hydrogen-bond donors (Lipinski definition) is 1. The van der Waals surface area contributed by atoms with Gasteiger partial charge in [0.05, 0.1) is 13.5 Å². The maximum Gasteiger partial charge on any atom is 0.413 e. The van der Waals surface area contributed by atoms with E-state index in [4.69, 9.17) is 4.74 Å². The molecule has 1 rings (SSSR count). The molecule has 0 saturated heterocycles. The van der Waals surface area contributed by atoms with Gasteiger partial charge < -0.3 is 9.47 Å². The van der Waals surface area contributed by atoms with Crippen LogP contribution in [0.5, 0.6) is 0 Å². The van der Waals surface area contributed by atoms with Gasteiger partial charge in [-0.1, -0.05) is 0 Å². The number of anilines is 1. The Morgan fingerprint density at radius 3 is 2.32 bits per heavy atom. The topological polar surface area (TPSA) is 107 Å². The van der Waals surface area contributed by atoms with Crippen molar-refractivity contribution >= 4 is 23.7 Å². The summed E-state index contributed by atoms with van der Waals surface area (Å²) in [5.41, 5.74) is -0.514. The van der Waals surface area contributed by atoms with Crippen LogP contribution in [0.15, 0.2) is 12.1 Å². The van der Waals surface area contributed by atoms with E-state index in [9.17, 15) is 14.4 Å². The van der Waals surface area contributed by atoms with Gasteiger partial charge in [0, 0.05) is 6.42 Å². The molecule has 22 heavy (non-hydrogen) atoms. The molecule has 0 fully saturated rings. The first-order valence-electron chi connectivity index (χ1n) is 6.65. The number of rotatable bonds is 5. The van der Waals surface area contributed by atoms with Gasteiger partial charge in [-0.15, -0.1) is 10.2 Å². The van der Waals surface area contributed by atoms with Crippen LogP contribution in [0.1, 0.15) is 44.1 Å². The van der Waals surface area contributed by atoms with Crippen molar-refractivity contribution in [1.82, 2.24) is 10.2 Å². The van der Waals surface area contributed by atoms with Crippen molar-refractivity contribution < 1.29 is 23.9 Å². The Balaban J connectivity index is 2.57. The van der Waals surface area contributed by atoms with Crippen molar-refractivity contribution in [3.8, 4) is 0 Å². The number of ketones is 1. The standard InChI is InChI=1S/C14H19N3O5/c1-14(2,3)22-13(20)15-11-7-5-9(16-17-11)10(18)6-8-12(19)21-4/h5,7H,6,8H2,1-4H3,(H,15,17,20). The van der Waals surface area contributed by atoms with Crippen molar-refractivity contribution in [3.63, 3.8) is 0 Å². The molecule has 8 nitrogen and oxygen atoms in total. The van der Waals surface area contributed by atoms with Crippen LogP contribution in [-0.4, -0.2) is 40.8 Å². The Labute approximate surface area is 128 Å². The minimum absolute atomic E-state index is 0.0137. The van der Waals surface area contributed by atoms with Crippen molar-refractivity contribution in [1.29, 1.82) is 0 Å². The number of carbonyl (C=O) groups is 3. The van der Waals surface area contributed by atoms with E-state index in [0.717, 1.165) is 0 Å². The predicted molar refractivity (Wildman–Crippen MR) is 77.5 cm³/mol. The number of nitrogens with zero attached hydrogens (tertiary/aromatic N) is 2. The Kier molecular flexibility index (Phi) is 5.97. The van der Waals surface area contributed by atoms with Crippen molar-refractivity contribution in [2.75, 3.05) is 12.4 Å². The highest BCUT2D eigenvalue weighted by Crippen LogP contribution is 2.10. The van der Waals surface area contributed by atoms with Gasteiger partial charge in [0.25, 0.3) is 0 Å². The second-order valence-corrected chi connectivity index (χ2v) is 5.43. The molecular formula is C14H19N3O5. The fraction of sp³-hybridized carbons (Fsp3) is 0.500. The Morgan fingerprint density at radius 1 is 1.14 bits per heavy atom. The number of Topliss-reactive ketones (excluding diaryl/α,β-unsaturated/α-hetero) is 1. The molecule has 0 spiro atoms. The summed E-state index contributed by atoms with van der Waals surface area (Å²) in [4.78, 5) is 34.3. The van der Waals surface area contributed by atoms with Crippen molar-refractivity contribution in [2.45, 2.75) is 39.2 Å². The Hall–Kier alpha value is -2.51. The molecule has 0 saturated carbocycles. The predicted octanol–water partition coefficient (Wildman–Crippen LogP) is 1.96. The molecular weight excluding hydrogens is 290 g/mol. The summed E-state index contributed by atoms with van der Waals surface area (Å²) in [6, 6.07) is 2.85. The molecule has 8 heteroatoms. The first-order valence-corrected chi connectivity index (χ1v) is 6.65. The van der Waals surface area contributed by atoms with Crippen LogP contribution in [0, 0.1) is 0 Å². The van der Waals surface area contributed by atoms with Gasteiger partial charge in [0.2, 0.25) is 0 Å². The van der Waals surface area contributed by atoms with Gasteiger partial charge >= 0.3 is 12.1 Å². The Bertz CT molecular complexity index is 549. The lowest BCUT2D eigenvalue weighted by atomic mass is 10.1. The number of esters is 1. The number of carbonyl (C=O) groups excluding carboxylic acids is 3. The highest BCUT2D eigenvalue weighted by atomic mass is 16.6. The van der Waals surface area contributed by atoms with Crippen LogP contribution in [0.2, 0.25) is 0 Å². The summed E-state index contributed by atoms with van der Waals surface area (Å²) in [6.07, 6.45) is -0.693. The molecule has 120 valence electrons. The molecule has 0 aromatic carbocycles. The molecule has 0 radical (unpaired) electrons. The van der Waals surface area contributed by atoms with Gasteiger partial charge in [-0.2, -0.15) is 0 Å². The zero-order valence-corrected chi connectivity index (χ0v) is 13.0. The maximum atomic E-state index is 11.8. The number of hydrogen-bond acceptors (Lipinski definition) is 7. The summed E-state index contributed by atoms with van der Waals surface area (Å²) >= 11 is 0. The molecule has 1 amide bonds. The highest BCUT2D eigenvalue weighted by Gasteiger charge is 2.17. The summed E-state index contributed by atoms with van der Waals surface area (Å²) in [5, 5.41) is 9.83. The van der Waals surface area contributed by atoms with E-state index < -0.39 is 17.7 Å². The summed E-state index contributed by atoms with van der Waals surface area (Å²) in [6.45, 7) is 5.21. The average Bonchev–Trinajstić information content (AvgIpc) is 2.43. The highest BCUT2D eigenvalue weighted by molar-refractivity contribution is 5.96. The SMILES string of the molecule is COC(=O)CCC(=O)c1ccc(NC(=O)OC(C)(C)C)nn1. The van der Waals surface area contributed by atoms with Crippen LogP contribution in [0.4, 0.5) is 10.6 Å². The molecule has 1 aromatic heterocycles. The lowest BCUT2D eigenvalue weighted by Gasteiger charge is -2.19. The third-order valence-corrected chi connectivity index (χ3v) is 2.36. The molecule has 0 bridgehead atoms. The fourth-order valence-electron chi connectivity index (χ4n) is 1.40. The second-order valence-electron chi connectivity index (χ2n) is 5.43. The zero-order chi connectivity index (χ0) is 16.8. The smallest absolute Gasteiger partial charge is 0.413 e. The zero-order valence-electron chi connectivity index (χ0n) is 13.0. The average molecular weight is 309 g/mol. The van der Waals surface area contributed by atoms with Crippen LogP contribution in [0.3, 0.4) is 0 Å². The molecule has 0 aliphatic carbocycles. The number of amides is 1. The van der Waals surface area contributed by atoms with E-state index in [1.807, 2.05) is 0 Å². The van der Waals surface area contributed by atoms with Gasteiger partial charge in [-0.25, -0.2) is 4.79 Å².